The van der Waals surface area contributed by atoms with Gasteiger partial charge in [-0.25, -0.2) is 9.48 Å². The van der Waals surface area contributed by atoms with Gasteiger partial charge in [0.15, 0.2) is 5.15 Å². The summed E-state index contributed by atoms with van der Waals surface area (Å²) in [6, 6.07) is 3.08. The first-order valence-electron chi connectivity index (χ1n) is 4.07. The predicted molar refractivity (Wildman–Crippen MR) is 53.3 cm³/mol. The molecule has 76 valence electrons. The van der Waals surface area contributed by atoms with Gasteiger partial charge < -0.3 is 5.11 Å². The molecule has 0 aliphatic heterocycles. The Labute approximate surface area is 89.9 Å². The fraction of sp³-hybridized carbons (Fsp3) is 0. The fourth-order valence-electron chi connectivity index (χ4n) is 1.12. The number of hydrogen-bond acceptors (Lipinski definition) is 3. The van der Waals surface area contributed by atoms with E-state index in [1.54, 1.807) is 12.3 Å². The van der Waals surface area contributed by atoms with E-state index in [9.17, 15) is 4.79 Å². The Morgan fingerprint density at radius 1 is 1.47 bits per heavy atom. The van der Waals surface area contributed by atoms with Gasteiger partial charge in [-0.15, -0.1) is 0 Å². The number of aromatic carboxylic acids is 1. The van der Waals surface area contributed by atoms with Crippen LogP contribution in [0.2, 0.25) is 5.15 Å². The van der Waals surface area contributed by atoms with E-state index < -0.39 is 5.97 Å². The Morgan fingerprint density at radius 2 is 2.27 bits per heavy atom. The number of halogens is 1. The molecule has 0 amide bonds. The van der Waals surface area contributed by atoms with Crippen molar-refractivity contribution in [2.45, 2.75) is 0 Å². The third-order valence-electron chi connectivity index (χ3n) is 1.79. The van der Waals surface area contributed by atoms with Gasteiger partial charge in [0, 0.05) is 12.4 Å². The van der Waals surface area contributed by atoms with Gasteiger partial charge in [0.2, 0.25) is 0 Å². The summed E-state index contributed by atoms with van der Waals surface area (Å²) in [6.45, 7) is 0. The van der Waals surface area contributed by atoms with Crippen LogP contribution >= 0.6 is 11.6 Å². The number of rotatable bonds is 2. The number of nitrogens with zero attached hydrogens (tertiary/aromatic N) is 3. The van der Waals surface area contributed by atoms with Crippen LogP contribution in [0.4, 0.5) is 0 Å². The summed E-state index contributed by atoms with van der Waals surface area (Å²) < 4.78 is 1.46. The van der Waals surface area contributed by atoms with Crippen molar-refractivity contribution in [1.29, 1.82) is 0 Å². The molecular weight excluding hydrogens is 218 g/mol. The molecule has 0 spiro atoms. The van der Waals surface area contributed by atoms with Crippen molar-refractivity contribution < 1.29 is 9.90 Å². The van der Waals surface area contributed by atoms with E-state index in [-0.39, 0.29) is 5.56 Å². The van der Waals surface area contributed by atoms with Crippen molar-refractivity contribution >= 4 is 17.6 Å². The first-order chi connectivity index (χ1) is 7.16. The van der Waals surface area contributed by atoms with Gasteiger partial charge in [-0.3, -0.25) is 4.98 Å². The molecule has 2 heterocycles. The normalized spacial score (nSPS) is 10.2. The van der Waals surface area contributed by atoms with Crippen molar-refractivity contribution in [2.75, 3.05) is 0 Å². The molecule has 2 rings (SSSR count). The number of pyridine rings is 1. The van der Waals surface area contributed by atoms with Crippen LogP contribution in [0.15, 0.2) is 30.7 Å². The molecular formula is C9H6ClN3O2. The molecule has 6 heteroatoms. The van der Waals surface area contributed by atoms with Gasteiger partial charge >= 0.3 is 5.97 Å². The molecule has 0 aromatic carbocycles. The smallest absolute Gasteiger partial charge is 0.337 e. The van der Waals surface area contributed by atoms with E-state index in [4.69, 9.17) is 16.7 Å². The molecule has 15 heavy (non-hydrogen) atoms. The van der Waals surface area contributed by atoms with Crippen LogP contribution in [0, 0.1) is 0 Å². The number of carboxylic acids is 1. The van der Waals surface area contributed by atoms with Crippen LogP contribution in [0.3, 0.4) is 0 Å². The second-order valence-corrected chi connectivity index (χ2v) is 3.21. The molecule has 0 aliphatic carbocycles. The SMILES string of the molecule is O=C(O)c1cncc(-n2ccc(Cl)n2)c1. The minimum absolute atomic E-state index is 0.110. The topological polar surface area (TPSA) is 68.0 Å². The second kappa shape index (κ2) is 3.70. The molecule has 0 radical (unpaired) electrons. The monoisotopic (exact) mass is 223 g/mol. The number of aromatic nitrogens is 3. The van der Waals surface area contributed by atoms with Crippen molar-refractivity contribution in [2.24, 2.45) is 0 Å². The van der Waals surface area contributed by atoms with Crippen LogP contribution in [-0.2, 0) is 0 Å². The maximum Gasteiger partial charge on any atom is 0.337 e. The van der Waals surface area contributed by atoms with E-state index in [1.165, 1.54) is 23.1 Å². The summed E-state index contributed by atoms with van der Waals surface area (Å²) in [7, 11) is 0. The van der Waals surface area contributed by atoms with Crippen molar-refractivity contribution in [3.05, 3.63) is 41.4 Å². The van der Waals surface area contributed by atoms with Crippen LogP contribution in [-0.4, -0.2) is 25.8 Å². The zero-order valence-corrected chi connectivity index (χ0v) is 8.22. The predicted octanol–water partition coefficient (Wildman–Crippen LogP) is 1.62. The molecule has 5 nitrogen and oxygen atoms in total. The molecule has 0 bridgehead atoms. The molecule has 0 aliphatic rings. The average molecular weight is 224 g/mol. The van der Waals surface area contributed by atoms with Gasteiger partial charge in [0.05, 0.1) is 17.4 Å². The summed E-state index contributed by atoms with van der Waals surface area (Å²) in [5, 5.41) is 13.0. The van der Waals surface area contributed by atoms with Crippen LogP contribution in [0.5, 0.6) is 0 Å². The number of hydrogen-bond donors (Lipinski definition) is 1. The molecule has 0 unspecified atom stereocenters. The highest BCUT2D eigenvalue weighted by Crippen LogP contribution is 2.10. The molecule has 0 atom stereocenters. The summed E-state index contributed by atoms with van der Waals surface area (Å²) >= 11 is 5.64. The van der Waals surface area contributed by atoms with Crippen molar-refractivity contribution in [1.82, 2.24) is 14.8 Å². The molecule has 0 saturated carbocycles. The molecule has 0 fully saturated rings. The van der Waals surface area contributed by atoms with Crippen LogP contribution < -0.4 is 0 Å². The minimum atomic E-state index is -1.03. The Kier molecular flexibility index (Phi) is 2.39. The standard InChI is InChI=1S/C9H6ClN3O2/c10-8-1-2-13(12-8)7-3-6(9(14)15)4-11-5-7/h1-5H,(H,14,15). The van der Waals surface area contributed by atoms with Gasteiger partial charge in [0.25, 0.3) is 0 Å². The lowest BCUT2D eigenvalue weighted by atomic mass is 10.3. The zero-order valence-electron chi connectivity index (χ0n) is 7.46. The highest BCUT2D eigenvalue weighted by atomic mass is 35.5. The lowest BCUT2D eigenvalue weighted by Gasteiger charge is -2.00. The van der Waals surface area contributed by atoms with Crippen molar-refractivity contribution in [3.8, 4) is 5.69 Å². The zero-order chi connectivity index (χ0) is 10.8. The second-order valence-electron chi connectivity index (χ2n) is 2.82. The quantitative estimate of drug-likeness (QED) is 0.840. The summed E-state index contributed by atoms with van der Waals surface area (Å²) in [5.74, 6) is -1.03. The van der Waals surface area contributed by atoms with Crippen LogP contribution in [0.1, 0.15) is 10.4 Å². The number of carbonyl (C=O) groups is 1. The van der Waals surface area contributed by atoms with E-state index in [0.29, 0.717) is 10.8 Å². The van der Waals surface area contributed by atoms with E-state index in [2.05, 4.69) is 10.1 Å². The Hall–Kier alpha value is -1.88. The summed E-state index contributed by atoms with van der Waals surface area (Å²) in [6.07, 6.45) is 4.41. The minimum Gasteiger partial charge on any atom is -0.478 e. The largest absolute Gasteiger partial charge is 0.478 e. The Morgan fingerprint density at radius 3 is 2.87 bits per heavy atom. The third-order valence-corrected chi connectivity index (χ3v) is 1.99. The maximum absolute atomic E-state index is 10.7. The molecule has 2 aromatic rings. The Balaban J connectivity index is 2.45. The highest BCUT2D eigenvalue weighted by molar-refractivity contribution is 6.29. The van der Waals surface area contributed by atoms with Gasteiger partial charge in [-0.05, 0) is 12.1 Å². The first kappa shape index (κ1) is 9.67. The highest BCUT2D eigenvalue weighted by Gasteiger charge is 2.05. The van der Waals surface area contributed by atoms with E-state index in [1.807, 2.05) is 0 Å². The molecule has 2 aromatic heterocycles. The first-order valence-corrected chi connectivity index (χ1v) is 4.44. The maximum atomic E-state index is 10.7. The van der Waals surface area contributed by atoms with Gasteiger partial charge in [0.1, 0.15) is 0 Å². The third kappa shape index (κ3) is 1.97. The molecule has 0 saturated heterocycles. The van der Waals surface area contributed by atoms with Gasteiger partial charge in [-0.2, -0.15) is 5.10 Å². The molecule has 1 N–H and O–H groups in total. The number of carboxylic acid groups (broad SMARTS) is 1. The average Bonchev–Trinajstić information content (AvgIpc) is 2.65. The van der Waals surface area contributed by atoms with Gasteiger partial charge in [-0.1, -0.05) is 11.6 Å². The lowest BCUT2D eigenvalue weighted by Crippen LogP contribution is -2.01. The fourth-order valence-corrected chi connectivity index (χ4v) is 1.25. The van der Waals surface area contributed by atoms with E-state index in [0.717, 1.165) is 0 Å². The summed E-state index contributed by atoms with van der Waals surface area (Å²) in [4.78, 5) is 14.5. The van der Waals surface area contributed by atoms with Crippen molar-refractivity contribution in [3.63, 3.8) is 0 Å². The van der Waals surface area contributed by atoms with E-state index >= 15 is 0 Å². The summed E-state index contributed by atoms with van der Waals surface area (Å²) in [5.41, 5.74) is 0.668. The lowest BCUT2D eigenvalue weighted by molar-refractivity contribution is 0.0696. The van der Waals surface area contributed by atoms with Crippen LogP contribution in [0.25, 0.3) is 5.69 Å². The Bertz CT molecular complexity index is 510.